The number of nitrogens with zero attached hydrogens (tertiary/aromatic N) is 1. The van der Waals surface area contributed by atoms with Gasteiger partial charge in [-0.15, -0.1) is 0 Å². The maximum absolute atomic E-state index is 4.91. The van der Waals surface area contributed by atoms with Crippen molar-refractivity contribution >= 4 is 6.21 Å². The van der Waals surface area contributed by atoms with Gasteiger partial charge in [0.15, 0.2) is 0 Å². The summed E-state index contributed by atoms with van der Waals surface area (Å²) < 4.78 is 0. The molecule has 0 amide bonds. The second-order valence-electron chi connectivity index (χ2n) is 5.99. The van der Waals surface area contributed by atoms with Gasteiger partial charge in [0.05, 0.1) is 7.11 Å². The highest BCUT2D eigenvalue weighted by Crippen LogP contribution is 2.31. The molecule has 0 radical (unpaired) electrons. The van der Waals surface area contributed by atoms with Crippen molar-refractivity contribution in [1.29, 1.82) is 0 Å². The lowest BCUT2D eigenvalue weighted by molar-refractivity contribution is -0.282. The predicted molar refractivity (Wildman–Crippen MR) is 91.0 cm³/mol. The van der Waals surface area contributed by atoms with E-state index in [4.69, 9.17) is 9.88 Å². The molecule has 3 nitrogen and oxygen atoms in total. The van der Waals surface area contributed by atoms with Crippen molar-refractivity contribution in [2.75, 3.05) is 7.11 Å². The average molecular weight is 301 g/mol. The minimum absolute atomic E-state index is 0.474. The van der Waals surface area contributed by atoms with E-state index in [-0.39, 0.29) is 0 Å². The summed E-state index contributed by atoms with van der Waals surface area (Å²) in [5, 5.41) is 0. The molecule has 22 heavy (non-hydrogen) atoms. The molecule has 0 unspecified atom stereocenters. The molecule has 0 saturated heterocycles. The predicted octanol–water partition coefficient (Wildman–Crippen LogP) is 4.71. The van der Waals surface area contributed by atoms with Crippen LogP contribution in [0.15, 0.2) is 40.9 Å². The molecule has 1 aromatic carbocycles. The summed E-state index contributed by atoms with van der Waals surface area (Å²) in [5.41, 5.74) is 3.78. The Hall–Kier alpha value is -1.45. The summed E-state index contributed by atoms with van der Waals surface area (Å²) >= 11 is 0. The van der Waals surface area contributed by atoms with Crippen LogP contribution in [-0.4, -0.2) is 19.4 Å². The van der Waals surface area contributed by atoms with Crippen LogP contribution in [0.25, 0.3) is 0 Å². The maximum atomic E-state index is 4.91. The fourth-order valence-corrected chi connectivity index (χ4v) is 2.93. The van der Waals surface area contributed by atoms with Crippen molar-refractivity contribution in [3.05, 3.63) is 47.0 Å². The van der Waals surface area contributed by atoms with E-state index in [1.807, 2.05) is 18.3 Å². The van der Waals surface area contributed by atoms with Gasteiger partial charge in [-0.2, -0.15) is 0 Å². The van der Waals surface area contributed by atoms with Crippen LogP contribution in [0.3, 0.4) is 0 Å². The van der Waals surface area contributed by atoms with Crippen LogP contribution >= 0.6 is 0 Å². The average Bonchev–Trinajstić information content (AvgIpc) is 2.58. The Morgan fingerprint density at radius 2 is 1.86 bits per heavy atom. The van der Waals surface area contributed by atoms with Gasteiger partial charge in [-0.1, -0.05) is 35.9 Å². The summed E-state index contributed by atoms with van der Waals surface area (Å²) in [5.74, 6) is 0.775. The quantitative estimate of drug-likeness (QED) is 0.330. The lowest BCUT2D eigenvalue weighted by atomic mass is 9.82. The first-order chi connectivity index (χ1) is 10.7. The lowest BCUT2D eigenvalue weighted by Gasteiger charge is -2.26. The molecule has 2 rings (SSSR count). The van der Waals surface area contributed by atoms with Gasteiger partial charge in [-0.05, 0) is 56.6 Å². The molecule has 0 aliphatic heterocycles. The normalized spacial score (nSPS) is 23.1. The molecule has 120 valence electrons. The molecule has 3 heteroatoms. The Bertz CT molecular complexity index is 497. The molecule has 0 atom stereocenters. The van der Waals surface area contributed by atoms with Crippen LogP contribution in [0.4, 0.5) is 0 Å². The first kappa shape index (κ1) is 16.9. The van der Waals surface area contributed by atoms with Crippen molar-refractivity contribution in [2.24, 2.45) is 10.9 Å². The van der Waals surface area contributed by atoms with Gasteiger partial charge in [0.2, 0.25) is 0 Å². The van der Waals surface area contributed by atoms with Crippen molar-refractivity contribution in [3.8, 4) is 0 Å². The molecule has 1 fully saturated rings. The molecule has 0 heterocycles. The van der Waals surface area contributed by atoms with Gasteiger partial charge >= 0.3 is 0 Å². The lowest BCUT2D eigenvalue weighted by Crippen LogP contribution is -2.18. The second kappa shape index (κ2) is 8.86. The number of hydrogen-bond donors (Lipinski definition) is 0. The third-order valence-electron chi connectivity index (χ3n) is 4.55. The number of aliphatic imine (C=N–C) groups is 1. The standard InChI is InChI=1S/C19H27NO2/c1-4-15(2)18-9-11-19(12-10-18)20-13-16-5-7-17(8-6-16)14-22-21-3/h4-8,13,18-19H,9-12,14H2,1-3H3/b15-4-,20-13?. The van der Waals surface area contributed by atoms with Crippen LogP contribution < -0.4 is 0 Å². The molecule has 0 bridgehead atoms. The van der Waals surface area contributed by atoms with Crippen molar-refractivity contribution < 1.29 is 9.78 Å². The van der Waals surface area contributed by atoms with Crippen LogP contribution in [0, 0.1) is 5.92 Å². The number of allylic oxidation sites excluding steroid dienone is 2. The minimum Gasteiger partial charge on any atom is -0.289 e. The van der Waals surface area contributed by atoms with E-state index in [2.05, 4.69) is 36.9 Å². The van der Waals surface area contributed by atoms with Crippen LogP contribution in [-0.2, 0) is 16.4 Å². The molecule has 1 saturated carbocycles. The van der Waals surface area contributed by atoms with E-state index in [0.717, 1.165) is 17.0 Å². The van der Waals surface area contributed by atoms with E-state index >= 15 is 0 Å². The summed E-state index contributed by atoms with van der Waals surface area (Å²) in [7, 11) is 1.52. The largest absolute Gasteiger partial charge is 0.289 e. The first-order valence-corrected chi connectivity index (χ1v) is 8.13. The van der Waals surface area contributed by atoms with Crippen molar-refractivity contribution in [3.63, 3.8) is 0 Å². The first-order valence-electron chi connectivity index (χ1n) is 8.13. The smallest absolute Gasteiger partial charge is 0.107 e. The highest BCUT2D eigenvalue weighted by molar-refractivity contribution is 5.79. The third-order valence-corrected chi connectivity index (χ3v) is 4.55. The van der Waals surface area contributed by atoms with E-state index in [1.165, 1.54) is 38.4 Å². The van der Waals surface area contributed by atoms with Gasteiger partial charge in [0.1, 0.15) is 6.61 Å². The second-order valence-corrected chi connectivity index (χ2v) is 5.99. The Kier molecular flexibility index (Phi) is 6.81. The minimum atomic E-state index is 0.474. The number of benzene rings is 1. The summed E-state index contributed by atoms with van der Waals surface area (Å²) in [6, 6.07) is 8.73. The fraction of sp³-hybridized carbons (Fsp3) is 0.526. The van der Waals surface area contributed by atoms with E-state index in [1.54, 1.807) is 0 Å². The van der Waals surface area contributed by atoms with E-state index in [0.29, 0.717) is 12.6 Å². The topological polar surface area (TPSA) is 30.8 Å². The molecule has 0 aromatic heterocycles. The summed E-state index contributed by atoms with van der Waals surface area (Å²) in [6.45, 7) is 4.87. The van der Waals surface area contributed by atoms with Gasteiger partial charge in [-0.25, -0.2) is 9.78 Å². The van der Waals surface area contributed by atoms with E-state index in [9.17, 15) is 0 Å². The Morgan fingerprint density at radius 3 is 2.45 bits per heavy atom. The van der Waals surface area contributed by atoms with Gasteiger partial charge in [0.25, 0.3) is 0 Å². The number of rotatable bonds is 6. The fourth-order valence-electron chi connectivity index (χ4n) is 2.93. The molecular weight excluding hydrogens is 274 g/mol. The summed E-state index contributed by atoms with van der Waals surface area (Å²) in [4.78, 5) is 14.3. The Balaban J connectivity index is 1.82. The van der Waals surface area contributed by atoms with Crippen molar-refractivity contribution in [1.82, 2.24) is 0 Å². The monoisotopic (exact) mass is 301 g/mol. The zero-order valence-corrected chi connectivity index (χ0v) is 13.9. The Labute approximate surface area is 134 Å². The van der Waals surface area contributed by atoms with Gasteiger partial charge in [0, 0.05) is 12.3 Å². The number of hydrogen-bond acceptors (Lipinski definition) is 3. The van der Waals surface area contributed by atoms with Crippen LogP contribution in [0.2, 0.25) is 0 Å². The molecule has 1 aromatic rings. The summed E-state index contributed by atoms with van der Waals surface area (Å²) in [6.07, 6.45) is 9.20. The third kappa shape index (κ3) is 5.08. The Morgan fingerprint density at radius 1 is 1.18 bits per heavy atom. The zero-order chi connectivity index (χ0) is 15.8. The molecule has 0 spiro atoms. The van der Waals surface area contributed by atoms with Gasteiger partial charge < -0.3 is 0 Å². The van der Waals surface area contributed by atoms with Crippen LogP contribution in [0.1, 0.15) is 50.7 Å². The van der Waals surface area contributed by atoms with E-state index < -0.39 is 0 Å². The molecule has 1 aliphatic rings. The SMILES string of the molecule is C/C=C(/C)C1CCC(N=Cc2ccc(COOC)cc2)CC1. The zero-order valence-electron chi connectivity index (χ0n) is 13.9. The molecular formula is C19H27NO2. The molecule has 0 N–H and O–H groups in total. The molecule has 1 aliphatic carbocycles. The van der Waals surface area contributed by atoms with Crippen LogP contribution in [0.5, 0.6) is 0 Å². The highest BCUT2D eigenvalue weighted by Gasteiger charge is 2.20. The van der Waals surface area contributed by atoms with Gasteiger partial charge in [-0.3, -0.25) is 4.99 Å². The van der Waals surface area contributed by atoms with Crippen molar-refractivity contribution in [2.45, 2.75) is 52.2 Å². The maximum Gasteiger partial charge on any atom is 0.107 e. The highest BCUT2D eigenvalue weighted by atomic mass is 17.2.